The van der Waals surface area contributed by atoms with Crippen molar-refractivity contribution in [2.24, 2.45) is 11.8 Å². The van der Waals surface area contributed by atoms with Gasteiger partial charge in [0.25, 0.3) is 5.56 Å². The molecular formula is C28H34N4O4. The molecule has 5 rings (SSSR count). The van der Waals surface area contributed by atoms with Crippen LogP contribution in [-0.4, -0.2) is 30.2 Å². The highest BCUT2D eigenvalue weighted by Crippen LogP contribution is 2.27. The fourth-order valence-corrected chi connectivity index (χ4v) is 5.84. The topological polar surface area (TPSA) is 110 Å². The lowest BCUT2D eigenvalue weighted by Crippen LogP contribution is -2.42. The Kier molecular flexibility index (Phi) is 7.20. The van der Waals surface area contributed by atoms with Crippen LogP contribution < -0.4 is 11.2 Å². The Morgan fingerprint density at radius 2 is 1.61 bits per heavy atom. The molecule has 2 aliphatic rings. The van der Waals surface area contributed by atoms with Crippen LogP contribution >= 0.6 is 0 Å². The van der Waals surface area contributed by atoms with Crippen molar-refractivity contribution in [2.75, 3.05) is 0 Å². The Bertz CT molecular complexity index is 1380. The van der Waals surface area contributed by atoms with E-state index in [-0.39, 0.29) is 11.2 Å². The van der Waals surface area contributed by atoms with Crippen molar-refractivity contribution in [3.8, 4) is 11.4 Å². The molecule has 0 unspecified atom stereocenters. The molecule has 0 amide bonds. The van der Waals surface area contributed by atoms with E-state index < -0.39 is 5.97 Å². The summed E-state index contributed by atoms with van der Waals surface area (Å²) in [7, 11) is 0. The number of benzene rings is 1. The minimum Gasteiger partial charge on any atom is -0.478 e. The third-order valence-electron chi connectivity index (χ3n) is 7.77. The van der Waals surface area contributed by atoms with Gasteiger partial charge in [0, 0.05) is 24.7 Å². The van der Waals surface area contributed by atoms with Gasteiger partial charge in [-0.2, -0.15) is 0 Å². The summed E-state index contributed by atoms with van der Waals surface area (Å²) in [5.74, 6) is 0.242. The molecule has 8 nitrogen and oxygen atoms in total. The van der Waals surface area contributed by atoms with Gasteiger partial charge in [0.15, 0.2) is 5.52 Å². The van der Waals surface area contributed by atoms with E-state index in [0.29, 0.717) is 47.5 Å². The van der Waals surface area contributed by atoms with Gasteiger partial charge in [-0.1, -0.05) is 56.7 Å². The van der Waals surface area contributed by atoms with Crippen LogP contribution in [-0.2, 0) is 17.9 Å². The van der Waals surface area contributed by atoms with E-state index in [1.165, 1.54) is 36.3 Å². The number of H-pyrrole nitrogens is 1. The van der Waals surface area contributed by atoms with Crippen molar-refractivity contribution in [2.45, 2.75) is 77.3 Å². The zero-order valence-corrected chi connectivity index (χ0v) is 20.6. The van der Waals surface area contributed by atoms with E-state index in [1.807, 2.05) is 24.3 Å². The standard InChI is InChI=1S/C28H34N4O4/c33-23(34)15-14-19-12-7-13-22(16-19)25-29-24-26(30-25)31(17-20-8-3-1-4-9-20)28(36)32(27(24)35)18-21-10-5-2-6-11-21/h7,12-16,20-21H,1-6,8-11,17-18H2,(H,29,30)(H,33,34). The smallest absolute Gasteiger partial charge is 0.332 e. The maximum atomic E-state index is 13.7. The summed E-state index contributed by atoms with van der Waals surface area (Å²) in [6.07, 6.45) is 14.0. The zero-order chi connectivity index (χ0) is 25.1. The minimum atomic E-state index is -1.02. The van der Waals surface area contributed by atoms with Crippen LogP contribution in [0.4, 0.5) is 0 Å². The molecule has 0 saturated heterocycles. The number of aromatic amines is 1. The fourth-order valence-electron chi connectivity index (χ4n) is 5.84. The molecule has 2 heterocycles. The summed E-state index contributed by atoms with van der Waals surface area (Å²) in [6.45, 7) is 1.04. The Labute approximate surface area is 209 Å². The van der Waals surface area contributed by atoms with Crippen molar-refractivity contribution < 1.29 is 9.90 Å². The minimum absolute atomic E-state index is 0.239. The second-order valence-electron chi connectivity index (χ2n) is 10.4. The van der Waals surface area contributed by atoms with Gasteiger partial charge >= 0.3 is 11.7 Å². The number of aliphatic carboxylic acids is 1. The highest BCUT2D eigenvalue weighted by Gasteiger charge is 2.24. The summed E-state index contributed by atoms with van der Waals surface area (Å²) in [6, 6.07) is 7.31. The van der Waals surface area contributed by atoms with Crippen LogP contribution in [0, 0.1) is 11.8 Å². The summed E-state index contributed by atoms with van der Waals surface area (Å²) < 4.78 is 3.18. The molecule has 8 heteroatoms. The SMILES string of the molecule is O=C(O)C=Cc1cccc(-c2nc3c(=O)n(CC4CCCCC4)c(=O)n(CC4CCCCC4)c3[nH]2)c1. The normalized spacial score (nSPS) is 17.8. The van der Waals surface area contributed by atoms with Gasteiger partial charge in [-0.05, 0) is 55.2 Å². The molecule has 190 valence electrons. The first-order valence-corrected chi connectivity index (χ1v) is 13.2. The van der Waals surface area contributed by atoms with Gasteiger partial charge < -0.3 is 10.1 Å². The number of nitrogens with one attached hydrogen (secondary N) is 1. The Morgan fingerprint density at radius 3 is 2.25 bits per heavy atom. The predicted octanol–water partition coefficient (Wildman–Crippen LogP) is 4.81. The van der Waals surface area contributed by atoms with Crippen LogP contribution in [0.25, 0.3) is 28.6 Å². The Morgan fingerprint density at radius 1 is 0.972 bits per heavy atom. The average Bonchev–Trinajstić information content (AvgIpc) is 3.35. The number of nitrogens with zero attached hydrogens (tertiary/aromatic N) is 3. The number of imidazole rings is 1. The first-order valence-electron chi connectivity index (χ1n) is 13.2. The molecule has 0 aliphatic heterocycles. The number of fused-ring (bicyclic) bond motifs is 1. The maximum absolute atomic E-state index is 13.7. The van der Waals surface area contributed by atoms with Gasteiger partial charge in [-0.3, -0.25) is 13.9 Å². The summed E-state index contributed by atoms with van der Waals surface area (Å²) in [5, 5.41) is 8.95. The van der Waals surface area contributed by atoms with Crippen LogP contribution in [0.2, 0.25) is 0 Å². The Balaban J connectivity index is 1.59. The van der Waals surface area contributed by atoms with E-state index >= 15 is 0 Å². The molecule has 0 bridgehead atoms. The molecule has 2 aromatic heterocycles. The molecule has 0 spiro atoms. The molecule has 2 saturated carbocycles. The lowest BCUT2D eigenvalue weighted by molar-refractivity contribution is -0.131. The molecular weight excluding hydrogens is 456 g/mol. The number of hydrogen-bond donors (Lipinski definition) is 2. The molecule has 3 aromatic rings. The van der Waals surface area contributed by atoms with Crippen LogP contribution in [0.5, 0.6) is 0 Å². The highest BCUT2D eigenvalue weighted by atomic mass is 16.4. The molecule has 1 aromatic carbocycles. The highest BCUT2D eigenvalue weighted by molar-refractivity contribution is 5.85. The number of carboxylic acid groups (broad SMARTS) is 1. The first-order chi connectivity index (χ1) is 17.5. The molecule has 0 atom stereocenters. The zero-order valence-electron chi connectivity index (χ0n) is 20.6. The second kappa shape index (κ2) is 10.7. The summed E-state index contributed by atoms with van der Waals surface area (Å²) in [4.78, 5) is 46.1. The number of hydrogen-bond acceptors (Lipinski definition) is 4. The van der Waals surface area contributed by atoms with Crippen molar-refractivity contribution in [3.05, 3.63) is 56.7 Å². The fraction of sp³-hybridized carbons (Fsp3) is 0.500. The number of rotatable bonds is 7. The van der Waals surface area contributed by atoms with Gasteiger partial charge in [0.1, 0.15) is 11.5 Å². The number of carboxylic acids is 1. The monoisotopic (exact) mass is 490 g/mol. The van der Waals surface area contributed by atoms with E-state index in [1.54, 1.807) is 4.57 Å². The summed E-state index contributed by atoms with van der Waals surface area (Å²) in [5.41, 5.74) is 1.65. The van der Waals surface area contributed by atoms with Crippen LogP contribution in [0.1, 0.15) is 69.8 Å². The first kappa shape index (κ1) is 24.3. The van der Waals surface area contributed by atoms with Crippen molar-refractivity contribution in [1.29, 1.82) is 0 Å². The van der Waals surface area contributed by atoms with Gasteiger partial charge in [0.05, 0.1) is 0 Å². The summed E-state index contributed by atoms with van der Waals surface area (Å²) >= 11 is 0. The van der Waals surface area contributed by atoms with E-state index in [0.717, 1.165) is 50.2 Å². The lowest BCUT2D eigenvalue weighted by atomic mass is 9.89. The predicted molar refractivity (Wildman–Crippen MR) is 140 cm³/mol. The quantitative estimate of drug-likeness (QED) is 0.462. The maximum Gasteiger partial charge on any atom is 0.332 e. The van der Waals surface area contributed by atoms with Gasteiger partial charge in [-0.15, -0.1) is 0 Å². The average molecular weight is 491 g/mol. The molecule has 2 aliphatic carbocycles. The van der Waals surface area contributed by atoms with Gasteiger partial charge in [-0.25, -0.2) is 14.6 Å². The molecule has 0 radical (unpaired) electrons. The van der Waals surface area contributed by atoms with Crippen LogP contribution in [0.3, 0.4) is 0 Å². The molecule has 36 heavy (non-hydrogen) atoms. The van der Waals surface area contributed by atoms with E-state index in [4.69, 9.17) is 5.11 Å². The number of aromatic nitrogens is 4. The largest absolute Gasteiger partial charge is 0.478 e. The van der Waals surface area contributed by atoms with E-state index in [2.05, 4.69) is 9.97 Å². The van der Waals surface area contributed by atoms with Gasteiger partial charge in [0.2, 0.25) is 0 Å². The lowest BCUT2D eigenvalue weighted by Gasteiger charge is -2.24. The van der Waals surface area contributed by atoms with E-state index in [9.17, 15) is 14.4 Å². The third-order valence-corrected chi connectivity index (χ3v) is 7.77. The third kappa shape index (κ3) is 5.22. The van der Waals surface area contributed by atoms with Crippen LogP contribution in [0.15, 0.2) is 39.9 Å². The Hall–Kier alpha value is -3.42. The number of carbonyl (C=O) groups is 1. The second-order valence-corrected chi connectivity index (χ2v) is 10.4. The molecule has 2 N–H and O–H groups in total. The van der Waals surface area contributed by atoms with Crippen molar-refractivity contribution in [1.82, 2.24) is 19.1 Å². The van der Waals surface area contributed by atoms with Crippen molar-refractivity contribution in [3.63, 3.8) is 0 Å². The van der Waals surface area contributed by atoms with Crippen molar-refractivity contribution >= 4 is 23.2 Å². The molecule has 2 fully saturated rings.